The first-order chi connectivity index (χ1) is 14.7. The zero-order valence-corrected chi connectivity index (χ0v) is 17.1. The van der Waals surface area contributed by atoms with Crippen molar-refractivity contribution in [3.05, 3.63) is 66.0 Å². The minimum Gasteiger partial charge on any atom is -0.347 e. The van der Waals surface area contributed by atoms with E-state index in [1.54, 1.807) is 0 Å². The van der Waals surface area contributed by atoms with E-state index in [0.717, 1.165) is 42.3 Å². The van der Waals surface area contributed by atoms with Gasteiger partial charge in [-0.2, -0.15) is 0 Å². The number of nitrogens with one attached hydrogen (secondary N) is 3. The Morgan fingerprint density at radius 1 is 1.00 bits per heavy atom. The number of amides is 2. The van der Waals surface area contributed by atoms with Gasteiger partial charge in [-0.1, -0.05) is 61.7 Å². The minimum atomic E-state index is -0.307. The number of carbonyl (C=O) groups excluding carboxylic acids is 2. The van der Waals surface area contributed by atoms with Gasteiger partial charge in [0.2, 0.25) is 11.8 Å². The average molecular weight is 405 g/mol. The van der Waals surface area contributed by atoms with Crippen LogP contribution in [-0.4, -0.2) is 28.3 Å². The maximum atomic E-state index is 12.7. The smallest absolute Gasteiger partial charge is 0.239 e. The van der Waals surface area contributed by atoms with Crippen molar-refractivity contribution in [2.45, 2.75) is 44.6 Å². The number of imidazole rings is 1. The van der Waals surface area contributed by atoms with Gasteiger partial charge in [0.15, 0.2) is 0 Å². The Bertz CT molecular complexity index is 960. The molecule has 1 atom stereocenters. The van der Waals surface area contributed by atoms with Crippen molar-refractivity contribution >= 4 is 22.8 Å². The molecule has 2 amide bonds. The van der Waals surface area contributed by atoms with Crippen LogP contribution < -0.4 is 10.6 Å². The summed E-state index contributed by atoms with van der Waals surface area (Å²) in [5, 5.41) is 5.87. The summed E-state index contributed by atoms with van der Waals surface area (Å²) in [5.41, 5.74) is 2.91. The Morgan fingerprint density at radius 2 is 1.73 bits per heavy atom. The number of rotatable bonds is 7. The predicted molar refractivity (Wildman–Crippen MR) is 117 cm³/mol. The summed E-state index contributed by atoms with van der Waals surface area (Å²) < 4.78 is 0. The van der Waals surface area contributed by atoms with Gasteiger partial charge in [0.1, 0.15) is 5.82 Å². The van der Waals surface area contributed by atoms with Crippen LogP contribution >= 0.6 is 0 Å². The Morgan fingerprint density at radius 3 is 2.50 bits per heavy atom. The van der Waals surface area contributed by atoms with Crippen LogP contribution in [0, 0.1) is 5.92 Å². The molecule has 1 saturated carbocycles. The third-order valence-corrected chi connectivity index (χ3v) is 5.75. The van der Waals surface area contributed by atoms with Gasteiger partial charge in [-0.05, 0) is 37.0 Å². The molecule has 30 heavy (non-hydrogen) atoms. The van der Waals surface area contributed by atoms with Crippen LogP contribution in [0.3, 0.4) is 0 Å². The van der Waals surface area contributed by atoms with Crippen LogP contribution in [0.15, 0.2) is 54.6 Å². The molecule has 1 aliphatic carbocycles. The Hall–Kier alpha value is -3.15. The molecule has 0 spiro atoms. The number of hydrogen-bond donors (Lipinski definition) is 3. The fourth-order valence-electron chi connectivity index (χ4n) is 4.13. The molecule has 1 unspecified atom stereocenters. The van der Waals surface area contributed by atoms with Gasteiger partial charge in [-0.3, -0.25) is 9.59 Å². The van der Waals surface area contributed by atoms with Crippen LogP contribution in [0.25, 0.3) is 11.0 Å². The van der Waals surface area contributed by atoms with Crippen LogP contribution in [0.1, 0.15) is 49.5 Å². The molecule has 2 aromatic carbocycles. The highest BCUT2D eigenvalue weighted by Crippen LogP contribution is 2.23. The number of fused-ring (bicyclic) bond motifs is 1. The topological polar surface area (TPSA) is 86.9 Å². The second kappa shape index (κ2) is 9.57. The molecule has 1 aromatic heterocycles. The number of carbonyl (C=O) groups is 2. The second-order valence-corrected chi connectivity index (χ2v) is 8.00. The average Bonchev–Trinajstić information content (AvgIpc) is 3.23. The maximum absolute atomic E-state index is 12.7. The maximum Gasteiger partial charge on any atom is 0.239 e. The van der Waals surface area contributed by atoms with Gasteiger partial charge < -0.3 is 15.6 Å². The van der Waals surface area contributed by atoms with Crippen molar-refractivity contribution in [3.8, 4) is 0 Å². The largest absolute Gasteiger partial charge is 0.347 e. The normalized spacial score (nSPS) is 15.6. The quantitative estimate of drug-likeness (QED) is 0.562. The van der Waals surface area contributed by atoms with Gasteiger partial charge >= 0.3 is 0 Å². The number of aromatic nitrogens is 2. The monoisotopic (exact) mass is 404 g/mol. The SMILES string of the molecule is O=C(CNC(=O)C1CCCCC1)NC(Cc1ccccc1)c1nc2ccccc2[nH]1. The highest BCUT2D eigenvalue weighted by atomic mass is 16.2. The van der Waals surface area contributed by atoms with E-state index in [4.69, 9.17) is 0 Å². The molecule has 6 heteroatoms. The fraction of sp³-hybridized carbons (Fsp3) is 0.375. The Balaban J connectivity index is 1.43. The standard InChI is InChI=1S/C24H28N4O2/c29-22(16-25-24(30)18-11-5-2-6-12-18)26-21(15-17-9-3-1-4-10-17)23-27-19-13-7-8-14-20(19)28-23/h1,3-4,7-10,13-14,18,21H,2,5-6,11-12,15-16H2,(H,25,30)(H,26,29)(H,27,28). The van der Waals surface area contributed by atoms with Gasteiger partial charge in [-0.15, -0.1) is 0 Å². The van der Waals surface area contributed by atoms with Crippen molar-refractivity contribution in [1.82, 2.24) is 20.6 Å². The van der Waals surface area contributed by atoms with E-state index in [1.165, 1.54) is 6.42 Å². The van der Waals surface area contributed by atoms with Gasteiger partial charge in [0, 0.05) is 5.92 Å². The summed E-state index contributed by atoms with van der Waals surface area (Å²) in [7, 11) is 0. The summed E-state index contributed by atoms with van der Waals surface area (Å²) in [6, 6.07) is 17.5. The second-order valence-electron chi connectivity index (χ2n) is 8.00. The third-order valence-electron chi connectivity index (χ3n) is 5.75. The number of nitrogens with zero attached hydrogens (tertiary/aromatic N) is 1. The van der Waals surface area contributed by atoms with Crippen LogP contribution in [0.4, 0.5) is 0 Å². The summed E-state index contributed by atoms with van der Waals surface area (Å²) in [4.78, 5) is 33.0. The van der Waals surface area contributed by atoms with Crippen molar-refractivity contribution in [2.75, 3.05) is 6.54 Å². The van der Waals surface area contributed by atoms with E-state index in [0.29, 0.717) is 12.2 Å². The lowest BCUT2D eigenvalue weighted by atomic mass is 9.89. The van der Waals surface area contributed by atoms with E-state index in [-0.39, 0.29) is 30.3 Å². The molecular weight excluding hydrogens is 376 g/mol. The van der Waals surface area contributed by atoms with Crippen LogP contribution in [0.5, 0.6) is 0 Å². The van der Waals surface area contributed by atoms with Crippen molar-refractivity contribution in [2.24, 2.45) is 5.92 Å². The molecule has 0 saturated heterocycles. The lowest BCUT2D eigenvalue weighted by Crippen LogP contribution is -2.41. The van der Waals surface area contributed by atoms with E-state index >= 15 is 0 Å². The van der Waals surface area contributed by atoms with Crippen molar-refractivity contribution in [1.29, 1.82) is 0 Å². The molecule has 3 aromatic rings. The van der Waals surface area contributed by atoms with E-state index in [1.807, 2.05) is 54.6 Å². The molecule has 0 aliphatic heterocycles. The Labute approximate surface area is 176 Å². The van der Waals surface area contributed by atoms with Crippen molar-refractivity contribution < 1.29 is 9.59 Å². The molecule has 1 aliphatic rings. The molecular formula is C24H28N4O2. The number of H-pyrrole nitrogens is 1. The summed E-state index contributed by atoms with van der Waals surface area (Å²) in [6.45, 7) is -0.0130. The summed E-state index contributed by atoms with van der Waals surface area (Å²) in [6.07, 6.45) is 5.84. The predicted octanol–water partition coefficient (Wildman–Crippen LogP) is 3.66. The Kier molecular flexibility index (Phi) is 6.42. The van der Waals surface area contributed by atoms with Crippen LogP contribution in [0.2, 0.25) is 0 Å². The number of benzene rings is 2. The third kappa shape index (κ3) is 5.06. The molecule has 0 bridgehead atoms. The van der Waals surface area contributed by atoms with Gasteiger partial charge in [0.05, 0.1) is 23.6 Å². The first-order valence-electron chi connectivity index (χ1n) is 10.7. The molecule has 3 N–H and O–H groups in total. The van der Waals surface area contributed by atoms with Crippen molar-refractivity contribution in [3.63, 3.8) is 0 Å². The highest BCUT2D eigenvalue weighted by molar-refractivity contribution is 5.86. The molecule has 1 heterocycles. The van der Waals surface area contributed by atoms with Gasteiger partial charge in [-0.25, -0.2) is 4.98 Å². The van der Waals surface area contributed by atoms with E-state index in [2.05, 4.69) is 20.6 Å². The fourth-order valence-corrected chi connectivity index (χ4v) is 4.13. The zero-order valence-electron chi connectivity index (χ0n) is 17.1. The first-order valence-corrected chi connectivity index (χ1v) is 10.7. The minimum absolute atomic E-state index is 0.00630. The number of para-hydroxylation sites is 2. The number of aromatic amines is 1. The zero-order chi connectivity index (χ0) is 20.8. The summed E-state index contributed by atoms with van der Waals surface area (Å²) >= 11 is 0. The molecule has 156 valence electrons. The first kappa shape index (κ1) is 20.1. The van der Waals surface area contributed by atoms with Gasteiger partial charge in [0.25, 0.3) is 0 Å². The number of hydrogen-bond acceptors (Lipinski definition) is 3. The van der Waals surface area contributed by atoms with E-state index < -0.39 is 0 Å². The lowest BCUT2D eigenvalue weighted by Gasteiger charge is -2.21. The summed E-state index contributed by atoms with van der Waals surface area (Å²) in [5.74, 6) is 0.544. The lowest BCUT2D eigenvalue weighted by molar-refractivity contribution is -0.129. The van der Waals surface area contributed by atoms with E-state index in [9.17, 15) is 9.59 Å². The molecule has 4 rings (SSSR count). The van der Waals surface area contributed by atoms with Crippen LogP contribution in [-0.2, 0) is 16.0 Å². The molecule has 1 fully saturated rings. The molecule has 6 nitrogen and oxygen atoms in total. The highest BCUT2D eigenvalue weighted by Gasteiger charge is 2.23. The molecule has 0 radical (unpaired) electrons.